The molecule has 0 unspecified atom stereocenters. The molecule has 0 spiro atoms. The maximum absolute atomic E-state index is 13.9. The lowest BCUT2D eigenvalue weighted by Crippen LogP contribution is -2.51. The summed E-state index contributed by atoms with van der Waals surface area (Å²) in [7, 11) is 4.16. The summed E-state index contributed by atoms with van der Waals surface area (Å²) in [5.74, 6) is -0.822. The van der Waals surface area contributed by atoms with Gasteiger partial charge in [0, 0.05) is 57.2 Å². The third-order valence-corrected chi connectivity index (χ3v) is 9.33. The number of fused-ring (bicyclic) bond motifs is 3. The van der Waals surface area contributed by atoms with Gasteiger partial charge in [-0.15, -0.1) is 0 Å². The van der Waals surface area contributed by atoms with E-state index >= 15 is 0 Å². The Bertz CT molecular complexity index is 1160. The van der Waals surface area contributed by atoms with Crippen LogP contribution in [0.25, 0.3) is 6.08 Å². The number of benzene rings is 2. The fourth-order valence-electron chi connectivity index (χ4n) is 6.81. The quantitative estimate of drug-likeness (QED) is 0.442. The van der Waals surface area contributed by atoms with E-state index in [-0.39, 0.29) is 22.7 Å². The lowest BCUT2D eigenvalue weighted by molar-refractivity contribution is -0.131. The minimum Gasteiger partial charge on any atom is -0.478 e. The van der Waals surface area contributed by atoms with Gasteiger partial charge in [-0.05, 0) is 104 Å². The summed E-state index contributed by atoms with van der Waals surface area (Å²) in [6.45, 7) is 1.99. The van der Waals surface area contributed by atoms with Gasteiger partial charge in [0.1, 0.15) is 0 Å². The van der Waals surface area contributed by atoms with Crippen LogP contribution >= 0.6 is 0 Å². The zero-order valence-corrected chi connectivity index (χ0v) is 22.7. The van der Waals surface area contributed by atoms with Gasteiger partial charge in [0.25, 0.3) is 0 Å². The minimum atomic E-state index is -0.978. The number of ether oxygens (including phenoxy) is 1. The first-order chi connectivity index (χ1) is 18.3. The Labute approximate surface area is 226 Å². The van der Waals surface area contributed by atoms with Crippen molar-refractivity contribution < 1.29 is 19.4 Å². The van der Waals surface area contributed by atoms with E-state index in [2.05, 4.69) is 43.3 Å². The Hall–Kier alpha value is -3.12. The van der Waals surface area contributed by atoms with Crippen molar-refractivity contribution in [2.45, 2.75) is 56.8 Å². The van der Waals surface area contributed by atoms with Crippen LogP contribution in [-0.2, 0) is 19.7 Å². The number of anilines is 2. The molecule has 2 aromatic carbocycles. The number of nitrogens with zero attached hydrogens (tertiary/aromatic N) is 2. The monoisotopic (exact) mass is 516 g/mol. The first-order valence-electron chi connectivity index (χ1n) is 14.0. The highest BCUT2D eigenvalue weighted by atomic mass is 16.5. The highest BCUT2D eigenvalue weighted by Gasteiger charge is 2.50. The van der Waals surface area contributed by atoms with Gasteiger partial charge in [0.15, 0.2) is 0 Å². The van der Waals surface area contributed by atoms with E-state index in [1.54, 1.807) is 6.08 Å². The summed E-state index contributed by atoms with van der Waals surface area (Å²) in [4.78, 5) is 29.2. The first kappa shape index (κ1) is 26.5. The van der Waals surface area contributed by atoms with Gasteiger partial charge in [-0.1, -0.05) is 24.3 Å². The number of amides is 1. The smallest absolute Gasteiger partial charge is 0.328 e. The van der Waals surface area contributed by atoms with Crippen LogP contribution in [0.4, 0.5) is 11.4 Å². The number of hydrogen-bond acceptors (Lipinski definition) is 4. The van der Waals surface area contributed by atoms with Crippen LogP contribution in [0.1, 0.15) is 62.5 Å². The normalized spacial score (nSPS) is 25.4. The molecule has 202 valence electrons. The Morgan fingerprint density at radius 1 is 0.947 bits per heavy atom. The average molecular weight is 517 g/mol. The van der Waals surface area contributed by atoms with E-state index in [9.17, 15) is 9.59 Å². The van der Waals surface area contributed by atoms with Crippen LogP contribution in [0.2, 0.25) is 0 Å². The molecule has 2 aromatic rings. The van der Waals surface area contributed by atoms with Crippen LogP contribution in [-0.4, -0.2) is 50.8 Å². The summed E-state index contributed by atoms with van der Waals surface area (Å²) in [5, 5.41) is 9.07. The third-order valence-electron chi connectivity index (χ3n) is 9.33. The largest absolute Gasteiger partial charge is 0.478 e. The first-order valence-corrected chi connectivity index (χ1v) is 14.0. The highest BCUT2D eigenvalue weighted by molar-refractivity contribution is 5.95. The molecule has 6 nitrogen and oxygen atoms in total. The van der Waals surface area contributed by atoms with Crippen molar-refractivity contribution in [1.82, 2.24) is 0 Å². The van der Waals surface area contributed by atoms with Crippen LogP contribution in [0.15, 0.2) is 54.6 Å². The van der Waals surface area contributed by atoms with Gasteiger partial charge >= 0.3 is 5.97 Å². The molecule has 6 rings (SSSR count). The fraction of sp³-hybridized carbons (Fsp3) is 0.500. The molecule has 2 bridgehead atoms. The Kier molecular flexibility index (Phi) is 7.62. The van der Waals surface area contributed by atoms with Crippen LogP contribution in [0.5, 0.6) is 0 Å². The van der Waals surface area contributed by atoms with E-state index in [0.29, 0.717) is 13.2 Å². The van der Waals surface area contributed by atoms with Crippen LogP contribution in [0, 0.1) is 11.3 Å². The number of aliphatic carboxylic acids is 1. The van der Waals surface area contributed by atoms with Gasteiger partial charge in [0.2, 0.25) is 5.91 Å². The summed E-state index contributed by atoms with van der Waals surface area (Å²) in [6.07, 6.45) is 11.1. The molecule has 3 saturated carbocycles. The van der Waals surface area contributed by atoms with Gasteiger partial charge in [-0.25, -0.2) is 4.79 Å². The van der Waals surface area contributed by atoms with Crippen molar-refractivity contribution in [3.8, 4) is 0 Å². The van der Waals surface area contributed by atoms with Crippen molar-refractivity contribution in [2.75, 3.05) is 43.7 Å². The lowest BCUT2D eigenvalue weighted by Gasteiger charge is -2.55. The molecule has 3 aliphatic carbocycles. The second-order valence-corrected chi connectivity index (χ2v) is 11.8. The molecule has 1 heterocycles. The van der Waals surface area contributed by atoms with E-state index in [1.165, 1.54) is 11.3 Å². The Morgan fingerprint density at radius 3 is 2.21 bits per heavy atom. The number of carboxylic acid groups (broad SMARTS) is 1. The number of carboxylic acids is 1. The van der Waals surface area contributed by atoms with Crippen molar-refractivity contribution >= 4 is 29.3 Å². The van der Waals surface area contributed by atoms with Crippen LogP contribution in [0.3, 0.4) is 0 Å². The maximum Gasteiger partial charge on any atom is 0.328 e. The molecule has 1 aliphatic heterocycles. The second-order valence-electron chi connectivity index (χ2n) is 11.8. The van der Waals surface area contributed by atoms with E-state index in [1.807, 2.05) is 29.2 Å². The number of carbonyl (C=O) groups is 2. The van der Waals surface area contributed by atoms with E-state index in [4.69, 9.17) is 9.84 Å². The van der Waals surface area contributed by atoms with Crippen LogP contribution < -0.4 is 9.80 Å². The Balaban J connectivity index is 1.37. The Morgan fingerprint density at radius 2 is 1.61 bits per heavy atom. The zero-order valence-electron chi connectivity index (χ0n) is 22.7. The summed E-state index contributed by atoms with van der Waals surface area (Å²) >= 11 is 0. The minimum absolute atomic E-state index is 0.0279. The summed E-state index contributed by atoms with van der Waals surface area (Å²) in [5.41, 5.74) is 4.73. The predicted molar refractivity (Wildman–Crippen MR) is 152 cm³/mol. The van der Waals surface area contributed by atoms with Crippen molar-refractivity contribution in [3.63, 3.8) is 0 Å². The fourth-order valence-corrected chi connectivity index (χ4v) is 6.81. The molecule has 1 N–H and O–H groups in total. The predicted octanol–water partition coefficient (Wildman–Crippen LogP) is 5.90. The molecule has 1 saturated heterocycles. The van der Waals surface area contributed by atoms with E-state index < -0.39 is 5.97 Å². The second kappa shape index (κ2) is 10.9. The average Bonchev–Trinajstić information content (AvgIpc) is 2.96. The zero-order chi connectivity index (χ0) is 26.8. The summed E-state index contributed by atoms with van der Waals surface area (Å²) in [6, 6.07) is 16.9. The molecular formula is C32H40N2O4. The number of rotatable bonds is 8. The SMILES string of the molecule is CN(C)c1ccc(C23CCC(CN(C(=O)C4CCOCC4)c4cccc(/C=C/C(=O)O)c4)(CC2)CC3)cc1. The standard InChI is InChI=1S/C32H40N2O4/c1-33(2)27-9-7-26(8-10-27)32-17-14-31(15-18-32,16-19-32)23-34(30(37)25-12-20-38-21-13-25)28-5-3-4-24(22-28)6-11-29(35)36/h3-11,22,25H,12-21,23H2,1-2H3,(H,35,36)/b11-6+. The molecule has 4 fully saturated rings. The van der Waals surface area contributed by atoms with Crippen molar-refractivity contribution in [1.29, 1.82) is 0 Å². The molecule has 6 heteroatoms. The van der Waals surface area contributed by atoms with Crippen molar-refractivity contribution in [2.24, 2.45) is 11.3 Å². The summed E-state index contributed by atoms with van der Waals surface area (Å²) < 4.78 is 5.54. The van der Waals surface area contributed by atoms with Gasteiger partial charge in [-0.2, -0.15) is 0 Å². The molecular weight excluding hydrogens is 476 g/mol. The highest BCUT2D eigenvalue weighted by Crippen LogP contribution is 2.58. The van der Waals surface area contributed by atoms with Crippen molar-refractivity contribution in [3.05, 3.63) is 65.7 Å². The molecule has 38 heavy (non-hydrogen) atoms. The molecule has 0 radical (unpaired) electrons. The molecule has 0 aromatic heterocycles. The van der Waals surface area contributed by atoms with Gasteiger partial charge in [0.05, 0.1) is 0 Å². The third kappa shape index (κ3) is 5.51. The van der Waals surface area contributed by atoms with E-state index in [0.717, 1.165) is 75.2 Å². The lowest BCUT2D eigenvalue weighted by atomic mass is 9.51. The van der Waals surface area contributed by atoms with Gasteiger partial charge in [-0.3, -0.25) is 4.79 Å². The molecule has 0 atom stereocenters. The number of carbonyl (C=O) groups excluding carboxylic acids is 1. The molecule has 1 amide bonds. The van der Waals surface area contributed by atoms with Gasteiger partial charge < -0.3 is 19.6 Å². The molecule has 4 aliphatic rings. The maximum atomic E-state index is 13.9. The number of hydrogen-bond donors (Lipinski definition) is 1. The topological polar surface area (TPSA) is 70.1 Å².